The van der Waals surface area contributed by atoms with Gasteiger partial charge in [-0.2, -0.15) is 0 Å². The van der Waals surface area contributed by atoms with Gasteiger partial charge in [0.05, 0.1) is 6.26 Å². The topological polar surface area (TPSA) is 103 Å². The average molecular weight is 376 g/mol. The van der Waals surface area contributed by atoms with E-state index < -0.39 is 10.0 Å². The van der Waals surface area contributed by atoms with E-state index in [1.54, 1.807) is 0 Å². The van der Waals surface area contributed by atoms with Crippen LogP contribution in [0.3, 0.4) is 0 Å². The summed E-state index contributed by atoms with van der Waals surface area (Å²) in [5.74, 6) is 0.994. The van der Waals surface area contributed by atoms with Crippen molar-refractivity contribution in [3.8, 4) is 0 Å². The van der Waals surface area contributed by atoms with E-state index in [-0.39, 0.29) is 5.91 Å². The number of hydrogen-bond donors (Lipinski definition) is 3. The van der Waals surface area contributed by atoms with Crippen LogP contribution >= 0.6 is 0 Å². The fraction of sp³-hybridized carbons (Fsp3) is 0.875. The molecule has 25 heavy (non-hydrogen) atoms. The van der Waals surface area contributed by atoms with Gasteiger partial charge in [-0.15, -0.1) is 0 Å². The summed E-state index contributed by atoms with van der Waals surface area (Å²) in [6.45, 7) is 6.09. The highest BCUT2D eigenvalue weighted by atomic mass is 32.2. The summed E-state index contributed by atoms with van der Waals surface area (Å²) in [4.78, 5) is 18.4. The number of amides is 1. The predicted octanol–water partition coefficient (Wildman–Crippen LogP) is 0.274. The molecule has 0 bridgehead atoms. The maximum absolute atomic E-state index is 11.9. The first-order valence-corrected chi connectivity index (χ1v) is 11.1. The van der Waals surface area contributed by atoms with Crippen molar-refractivity contribution in [2.24, 2.45) is 4.99 Å². The first-order chi connectivity index (χ1) is 11.9. The highest BCUT2D eigenvalue weighted by Crippen LogP contribution is 2.11. The van der Waals surface area contributed by atoms with Crippen LogP contribution in [0.1, 0.15) is 45.4 Å². The Kier molecular flexibility index (Phi) is 10.5. The zero-order valence-corrected chi connectivity index (χ0v) is 16.3. The Balaban J connectivity index is 2.26. The molecule has 1 amide bonds. The Bertz CT molecular complexity index is 522. The normalized spacial score (nSPS) is 16.6. The Labute approximate surface area is 151 Å². The lowest BCUT2D eigenvalue weighted by molar-refractivity contribution is -0.130. The lowest BCUT2D eigenvalue weighted by Crippen LogP contribution is -2.39. The number of hydrogen-bond acceptors (Lipinski definition) is 4. The standard InChI is InChI=1S/C16H33N5O3S/c1-3-17-16(18-10-7-12-20-25(2,23)24)19-11-8-14-21-13-6-4-5-9-15(21)22/h20H,3-14H2,1-2H3,(H2,17,18,19). The fourth-order valence-electron chi connectivity index (χ4n) is 2.62. The van der Waals surface area contributed by atoms with Gasteiger partial charge in [0.2, 0.25) is 15.9 Å². The highest BCUT2D eigenvalue weighted by Gasteiger charge is 2.15. The van der Waals surface area contributed by atoms with E-state index in [0.717, 1.165) is 57.5 Å². The smallest absolute Gasteiger partial charge is 0.222 e. The Hall–Kier alpha value is -1.35. The van der Waals surface area contributed by atoms with E-state index in [0.29, 0.717) is 32.5 Å². The van der Waals surface area contributed by atoms with Crippen LogP contribution in [0.15, 0.2) is 4.99 Å². The first-order valence-electron chi connectivity index (χ1n) is 9.17. The molecule has 8 nitrogen and oxygen atoms in total. The van der Waals surface area contributed by atoms with Crippen LogP contribution in [0, 0.1) is 0 Å². The molecule has 1 aliphatic rings. The van der Waals surface area contributed by atoms with E-state index >= 15 is 0 Å². The number of rotatable bonds is 10. The van der Waals surface area contributed by atoms with Crippen molar-refractivity contribution in [3.05, 3.63) is 0 Å². The van der Waals surface area contributed by atoms with E-state index in [1.807, 2.05) is 11.8 Å². The zero-order valence-electron chi connectivity index (χ0n) is 15.5. The Morgan fingerprint density at radius 2 is 1.96 bits per heavy atom. The number of guanidine groups is 1. The zero-order chi connectivity index (χ0) is 18.5. The van der Waals surface area contributed by atoms with Gasteiger partial charge < -0.3 is 15.5 Å². The third-order valence-corrected chi connectivity index (χ3v) is 4.61. The molecule has 3 N–H and O–H groups in total. The van der Waals surface area contributed by atoms with Crippen molar-refractivity contribution >= 4 is 21.9 Å². The summed E-state index contributed by atoms with van der Waals surface area (Å²) in [5, 5.41) is 6.35. The van der Waals surface area contributed by atoms with Crippen molar-refractivity contribution in [2.75, 3.05) is 45.5 Å². The first kappa shape index (κ1) is 21.7. The molecule has 1 aliphatic heterocycles. The lowest BCUT2D eigenvalue weighted by Gasteiger charge is -2.20. The summed E-state index contributed by atoms with van der Waals surface area (Å²) in [5.41, 5.74) is 0. The van der Waals surface area contributed by atoms with Crippen LogP contribution in [0.4, 0.5) is 0 Å². The molecule has 0 aromatic rings. The number of aliphatic imine (C=N–C) groups is 1. The number of nitrogens with zero attached hydrogens (tertiary/aromatic N) is 2. The van der Waals surface area contributed by atoms with Gasteiger partial charge in [0.15, 0.2) is 5.96 Å². The molecule has 0 aromatic carbocycles. The van der Waals surface area contributed by atoms with Gasteiger partial charge >= 0.3 is 0 Å². The second-order valence-corrected chi connectivity index (χ2v) is 8.09. The Morgan fingerprint density at radius 3 is 2.68 bits per heavy atom. The highest BCUT2D eigenvalue weighted by molar-refractivity contribution is 7.88. The summed E-state index contributed by atoms with van der Waals surface area (Å²) in [7, 11) is -3.13. The number of carbonyl (C=O) groups excluding carboxylic acids is 1. The van der Waals surface area contributed by atoms with Crippen LogP contribution in [-0.2, 0) is 14.8 Å². The SMILES string of the molecule is CCNC(=NCCCN1CCCCCC1=O)NCCCNS(C)(=O)=O. The van der Waals surface area contributed by atoms with Gasteiger partial charge in [0.25, 0.3) is 0 Å². The molecule has 0 aromatic heterocycles. The molecule has 1 saturated heterocycles. The van der Waals surface area contributed by atoms with Crippen molar-refractivity contribution in [2.45, 2.75) is 45.4 Å². The van der Waals surface area contributed by atoms with Crippen molar-refractivity contribution in [1.82, 2.24) is 20.3 Å². The minimum Gasteiger partial charge on any atom is -0.357 e. The molecule has 9 heteroatoms. The van der Waals surface area contributed by atoms with Crippen LogP contribution < -0.4 is 15.4 Å². The minimum atomic E-state index is -3.13. The number of sulfonamides is 1. The second-order valence-electron chi connectivity index (χ2n) is 6.25. The molecular formula is C16H33N5O3S. The molecular weight excluding hydrogens is 342 g/mol. The van der Waals surface area contributed by atoms with E-state index in [9.17, 15) is 13.2 Å². The molecule has 0 atom stereocenters. The quantitative estimate of drug-likeness (QED) is 0.289. The third kappa shape index (κ3) is 11.0. The summed E-state index contributed by atoms with van der Waals surface area (Å²) in [6, 6.07) is 0. The number of carbonyl (C=O) groups is 1. The molecule has 1 heterocycles. The van der Waals surface area contributed by atoms with Gasteiger partial charge in [-0.25, -0.2) is 13.1 Å². The van der Waals surface area contributed by atoms with E-state index in [4.69, 9.17) is 0 Å². The average Bonchev–Trinajstić information content (AvgIpc) is 2.74. The van der Waals surface area contributed by atoms with Crippen LogP contribution in [0.25, 0.3) is 0 Å². The molecule has 0 unspecified atom stereocenters. The van der Waals surface area contributed by atoms with Crippen LogP contribution in [-0.4, -0.2) is 70.7 Å². The maximum atomic E-state index is 11.9. The molecule has 0 saturated carbocycles. The molecule has 0 spiro atoms. The summed E-state index contributed by atoms with van der Waals surface area (Å²) < 4.78 is 24.4. The van der Waals surface area contributed by atoms with Gasteiger partial charge in [0, 0.05) is 45.7 Å². The van der Waals surface area contributed by atoms with Gasteiger partial charge in [0.1, 0.15) is 0 Å². The van der Waals surface area contributed by atoms with Crippen LogP contribution in [0.2, 0.25) is 0 Å². The lowest BCUT2D eigenvalue weighted by atomic mass is 10.2. The van der Waals surface area contributed by atoms with Crippen molar-refractivity contribution < 1.29 is 13.2 Å². The van der Waals surface area contributed by atoms with E-state index in [2.05, 4.69) is 20.3 Å². The summed E-state index contributed by atoms with van der Waals surface area (Å²) >= 11 is 0. The predicted molar refractivity (Wildman–Crippen MR) is 101 cm³/mol. The fourth-order valence-corrected chi connectivity index (χ4v) is 3.14. The second kappa shape index (κ2) is 12.1. The van der Waals surface area contributed by atoms with Crippen molar-refractivity contribution in [3.63, 3.8) is 0 Å². The molecule has 1 rings (SSSR count). The molecule has 1 fully saturated rings. The van der Waals surface area contributed by atoms with Gasteiger partial charge in [-0.1, -0.05) is 6.42 Å². The van der Waals surface area contributed by atoms with Crippen LogP contribution in [0.5, 0.6) is 0 Å². The molecule has 0 radical (unpaired) electrons. The monoisotopic (exact) mass is 375 g/mol. The molecule has 0 aliphatic carbocycles. The van der Waals surface area contributed by atoms with E-state index in [1.165, 1.54) is 0 Å². The number of nitrogens with one attached hydrogen (secondary N) is 3. The van der Waals surface area contributed by atoms with Gasteiger partial charge in [-0.3, -0.25) is 9.79 Å². The third-order valence-electron chi connectivity index (χ3n) is 3.88. The minimum absolute atomic E-state index is 0.268. The van der Waals surface area contributed by atoms with Gasteiger partial charge in [-0.05, 0) is 32.6 Å². The van der Waals surface area contributed by atoms with Crippen molar-refractivity contribution in [1.29, 1.82) is 0 Å². The summed E-state index contributed by atoms with van der Waals surface area (Å²) in [6.07, 6.45) is 6.60. The Morgan fingerprint density at radius 1 is 1.16 bits per heavy atom. The number of likely N-dealkylation sites (tertiary alicyclic amines) is 1. The maximum Gasteiger partial charge on any atom is 0.222 e. The largest absolute Gasteiger partial charge is 0.357 e. The molecule has 146 valence electrons.